The van der Waals surface area contributed by atoms with Crippen molar-refractivity contribution in [3.63, 3.8) is 0 Å². The van der Waals surface area contributed by atoms with Gasteiger partial charge in [0.2, 0.25) is 5.91 Å². The molecule has 0 spiro atoms. The minimum atomic E-state index is -1.35. The topological polar surface area (TPSA) is 66.6 Å². The first kappa shape index (κ1) is 15.5. The molecule has 0 aliphatic carbocycles. The van der Waals surface area contributed by atoms with Gasteiger partial charge in [-0.05, 0) is 41.2 Å². The molecule has 1 aromatic carbocycles. The van der Waals surface area contributed by atoms with E-state index in [2.05, 4.69) is 20.8 Å². The Bertz CT molecular complexity index is 530. The number of piperazine rings is 1. The van der Waals surface area contributed by atoms with E-state index in [1.54, 1.807) is 23.1 Å². The predicted molar refractivity (Wildman–Crippen MR) is 83.9 cm³/mol. The molecule has 5 nitrogen and oxygen atoms in total. The molecule has 0 radical (unpaired) electrons. The van der Waals surface area contributed by atoms with Gasteiger partial charge in [0.1, 0.15) is 5.75 Å². The molecule has 1 aliphatic rings. The van der Waals surface area contributed by atoms with E-state index in [0.29, 0.717) is 28.1 Å². The number of nitrogens with two attached hydrogens (primary N) is 1. The monoisotopic (exact) mass is 359 g/mol. The minimum absolute atomic E-state index is 0.0201. The smallest absolute Gasteiger partial charge is 0.235 e. The predicted octanol–water partition coefficient (Wildman–Crippen LogP) is 0.913. The maximum Gasteiger partial charge on any atom is 0.235 e. The van der Waals surface area contributed by atoms with Crippen LogP contribution in [0.5, 0.6) is 0 Å². The van der Waals surface area contributed by atoms with E-state index < -0.39 is 10.8 Å². The van der Waals surface area contributed by atoms with Crippen molar-refractivity contribution in [3.8, 4) is 0 Å². The largest absolute Gasteiger partial charge is 0.399 e. The third-order valence-corrected chi connectivity index (χ3v) is 5.59. The lowest BCUT2D eigenvalue weighted by molar-refractivity contribution is -0.129. The molecule has 1 heterocycles. The van der Waals surface area contributed by atoms with Gasteiger partial charge < -0.3 is 15.5 Å². The van der Waals surface area contributed by atoms with Crippen molar-refractivity contribution in [2.75, 3.05) is 44.7 Å². The van der Waals surface area contributed by atoms with Crippen LogP contribution in [0.2, 0.25) is 0 Å². The van der Waals surface area contributed by atoms with E-state index in [4.69, 9.17) is 5.73 Å². The zero-order valence-corrected chi connectivity index (χ0v) is 13.7. The third kappa shape index (κ3) is 3.80. The number of hydrogen-bond donors (Lipinski definition) is 1. The molecule has 0 bridgehead atoms. The van der Waals surface area contributed by atoms with E-state index >= 15 is 0 Å². The first-order chi connectivity index (χ1) is 9.47. The highest BCUT2D eigenvalue weighted by molar-refractivity contribution is 9.10. The van der Waals surface area contributed by atoms with E-state index in [-0.39, 0.29) is 11.7 Å². The maximum atomic E-state index is 12.3. The molecule has 2 rings (SSSR count). The van der Waals surface area contributed by atoms with Gasteiger partial charge in [-0.3, -0.25) is 9.00 Å². The van der Waals surface area contributed by atoms with E-state index in [1.807, 2.05) is 7.05 Å². The lowest BCUT2D eigenvalue weighted by Gasteiger charge is -2.32. The second kappa shape index (κ2) is 6.69. The van der Waals surface area contributed by atoms with Gasteiger partial charge in [-0.25, -0.2) is 0 Å². The number of nitrogen functional groups attached to an aromatic ring is 1. The molecule has 1 amide bonds. The highest BCUT2D eigenvalue weighted by Crippen LogP contribution is 2.23. The molecule has 1 aromatic rings. The quantitative estimate of drug-likeness (QED) is 0.814. The van der Waals surface area contributed by atoms with Gasteiger partial charge in [-0.2, -0.15) is 0 Å². The van der Waals surface area contributed by atoms with Gasteiger partial charge in [-0.1, -0.05) is 0 Å². The van der Waals surface area contributed by atoms with Crippen LogP contribution in [0.3, 0.4) is 0 Å². The average Bonchev–Trinajstić information content (AvgIpc) is 2.39. The van der Waals surface area contributed by atoms with Gasteiger partial charge in [0.15, 0.2) is 0 Å². The molecular formula is C13H18BrN3O2S. The van der Waals surface area contributed by atoms with Gasteiger partial charge in [-0.15, -0.1) is 0 Å². The van der Waals surface area contributed by atoms with Gasteiger partial charge >= 0.3 is 0 Å². The van der Waals surface area contributed by atoms with Crippen molar-refractivity contribution in [1.29, 1.82) is 0 Å². The summed E-state index contributed by atoms with van der Waals surface area (Å²) in [4.78, 5) is 16.7. The summed E-state index contributed by atoms with van der Waals surface area (Å²) in [5, 5.41) is 0. The van der Waals surface area contributed by atoms with Crippen molar-refractivity contribution in [2.24, 2.45) is 0 Å². The van der Waals surface area contributed by atoms with Gasteiger partial charge in [0.25, 0.3) is 0 Å². The van der Waals surface area contributed by atoms with Gasteiger partial charge in [0, 0.05) is 36.3 Å². The first-order valence-corrected chi connectivity index (χ1v) is 8.48. The Morgan fingerprint density at radius 1 is 1.35 bits per heavy atom. The Kier molecular flexibility index (Phi) is 5.17. The summed E-state index contributed by atoms with van der Waals surface area (Å²) in [5.74, 6) is -0.0353. The van der Waals surface area contributed by atoms with Crippen LogP contribution in [-0.2, 0) is 15.6 Å². The van der Waals surface area contributed by atoms with Gasteiger partial charge in [0.05, 0.1) is 15.7 Å². The summed E-state index contributed by atoms with van der Waals surface area (Å²) in [6, 6.07) is 5.10. The third-order valence-electron chi connectivity index (χ3n) is 3.31. The van der Waals surface area contributed by atoms with Crippen LogP contribution >= 0.6 is 15.9 Å². The second-order valence-electron chi connectivity index (χ2n) is 4.86. The fourth-order valence-corrected chi connectivity index (χ4v) is 4.04. The van der Waals surface area contributed by atoms with E-state index in [1.165, 1.54) is 0 Å². The number of carbonyl (C=O) groups is 1. The van der Waals surface area contributed by atoms with Crippen molar-refractivity contribution in [1.82, 2.24) is 9.80 Å². The van der Waals surface area contributed by atoms with Crippen LogP contribution in [-0.4, -0.2) is 58.9 Å². The molecule has 110 valence electrons. The zero-order valence-electron chi connectivity index (χ0n) is 11.3. The SMILES string of the molecule is CN1CCN(C(=O)CS(=O)c2ccc(N)cc2Br)CC1. The lowest BCUT2D eigenvalue weighted by atomic mass is 10.3. The van der Waals surface area contributed by atoms with Crippen molar-refractivity contribution < 1.29 is 9.00 Å². The molecule has 20 heavy (non-hydrogen) atoms. The van der Waals surface area contributed by atoms with Crippen LogP contribution in [0.1, 0.15) is 0 Å². The highest BCUT2D eigenvalue weighted by Gasteiger charge is 2.21. The normalized spacial score (nSPS) is 18.0. The summed E-state index contributed by atoms with van der Waals surface area (Å²) in [6.07, 6.45) is 0. The lowest BCUT2D eigenvalue weighted by Crippen LogP contribution is -2.48. The number of carbonyl (C=O) groups excluding carboxylic acids is 1. The molecule has 2 N–H and O–H groups in total. The second-order valence-corrected chi connectivity index (χ2v) is 7.14. The van der Waals surface area contributed by atoms with Crippen LogP contribution < -0.4 is 5.73 Å². The molecule has 0 aromatic heterocycles. The van der Waals surface area contributed by atoms with E-state index in [0.717, 1.165) is 13.1 Å². The maximum absolute atomic E-state index is 12.3. The zero-order chi connectivity index (χ0) is 14.7. The summed E-state index contributed by atoms with van der Waals surface area (Å²) in [5.41, 5.74) is 6.25. The highest BCUT2D eigenvalue weighted by atomic mass is 79.9. The molecule has 1 fully saturated rings. The van der Waals surface area contributed by atoms with Crippen LogP contribution in [0, 0.1) is 0 Å². The number of anilines is 1. The summed E-state index contributed by atoms with van der Waals surface area (Å²) in [7, 11) is 0.682. The Morgan fingerprint density at radius 2 is 2.00 bits per heavy atom. The average molecular weight is 360 g/mol. The molecule has 0 saturated carbocycles. The number of amides is 1. The molecule has 7 heteroatoms. The van der Waals surface area contributed by atoms with Crippen molar-refractivity contribution in [3.05, 3.63) is 22.7 Å². The molecule has 1 atom stereocenters. The van der Waals surface area contributed by atoms with Crippen LogP contribution in [0.4, 0.5) is 5.69 Å². The standard InChI is InChI=1S/C13H18BrN3O2S/c1-16-4-6-17(7-5-16)13(18)9-20(19)12-3-2-10(15)8-11(12)14/h2-3,8H,4-7,9,15H2,1H3. The van der Waals surface area contributed by atoms with Crippen LogP contribution in [0.15, 0.2) is 27.6 Å². The minimum Gasteiger partial charge on any atom is -0.399 e. The molecule has 1 aliphatic heterocycles. The summed E-state index contributed by atoms with van der Waals surface area (Å²) in [6.45, 7) is 3.14. The van der Waals surface area contributed by atoms with Crippen LogP contribution in [0.25, 0.3) is 0 Å². The number of halogens is 1. The number of likely N-dealkylation sites (N-methyl/N-ethyl adjacent to an activating group) is 1. The number of benzene rings is 1. The van der Waals surface area contributed by atoms with E-state index in [9.17, 15) is 9.00 Å². The number of nitrogens with zero attached hydrogens (tertiary/aromatic N) is 2. The molecule has 1 saturated heterocycles. The summed E-state index contributed by atoms with van der Waals surface area (Å²) < 4.78 is 13.0. The molecule has 1 unspecified atom stereocenters. The molecular weight excluding hydrogens is 342 g/mol. The first-order valence-electron chi connectivity index (χ1n) is 6.37. The number of hydrogen-bond acceptors (Lipinski definition) is 4. The number of rotatable bonds is 3. The Balaban J connectivity index is 1.99. The summed E-state index contributed by atoms with van der Waals surface area (Å²) >= 11 is 3.34. The van der Waals surface area contributed by atoms with Crippen molar-refractivity contribution >= 4 is 38.3 Å². The Hall–Kier alpha value is -0.920. The Labute approximate surface area is 129 Å². The fraction of sp³-hybridized carbons (Fsp3) is 0.462. The van der Waals surface area contributed by atoms with Crippen molar-refractivity contribution in [2.45, 2.75) is 4.90 Å². The Morgan fingerprint density at radius 3 is 2.60 bits per heavy atom. The fourth-order valence-electron chi connectivity index (χ4n) is 2.04.